The summed E-state index contributed by atoms with van der Waals surface area (Å²) in [5.41, 5.74) is 0.662. The Hall–Kier alpha value is -2.17. The number of anilines is 1. The maximum Gasteiger partial charge on any atom is 0.287 e. The molecule has 0 aliphatic carbocycles. The molecule has 1 aliphatic heterocycles. The van der Waals surface area contributed by atoms with Crippen molar-refractivity contribution in [3.63, 3.8) is 0 Å². The molecule has 0 spiro atoms. The van der Waals surface area contributed by atoms with Gasteiger partial charge in [-0.1, -0.05) is 0 Å². The molecule has 21 heavy (non-hydrogen) atoms. The SMILES string of the molecule is CN1CCN(C)C(CNc2ccc([N+](=O)[O-])c(C#N)c2)C1. The van der Waals surface area contributed by atoms with Gasteiger partial charge in [0.1, 0.15) is 11.6 Å². The van der Waals surface area contributed by atoms with E-state index in [9.17, 15) is 10.1 Å². The number of nitrogens with zero attached hydrogens (tertiary/aromatic N) is 4. The minimum Gasteiger partial charge on any atom is -0.383 e. The number of hydrogen-bond donors (Lipinski definition) is 1. The lowest BCUT2D eigenvalue weighted by Crippen LogP contribution is -2.52. The van der Waals surface area contributed by atoms with Crippen LogP contribution in [0.4, 0.5) is 11.4 Å². The molecular weight excluding hydrogens is 270 g/mol. The molecule has 0 aromatic heterocycles. The second kappa shape index (κ2) is 6.52. The molecule has 0 bridgehead atoms. The Bertz CT molecular complexity index is 569. The minimum atomic E-state index is -0.536. The predicted octanol–water partition coefficient (Wildman–Crippen LogP) is 1.12. The largest absolute Gasteiger partial charge is 0.383 e. The van der Waals surface area contributed by atoms with Crippen LogP contribution in [0.2, 0.25) is 0 Å². The first kappa shape index (κ1) is 15.2. The van der Waals surface area contributed by atoms with Crippen LogP contribution >= 0.6 is 0 Å². The standard InChI is InChI=1S/C14H19N5O2/c1-17-5-6-18(2)13(10-17)9-16-12-3-4-14(19(20)21)11(7-12)8-15/h3-4,7,13,16H,5-6,9-10H2,1-2H3. The Balaban J connectivity index is 2.03. The third-order valence-corrected chi connectivity index (χ3v) is 3.84. The predicted molar refractivity (Wildman–Crippen MR) is 80.2 cm³/mol. The molecule has 112 valence electrons. The lowest BCUT2D eigenvalue weighted by atomic mass is 10.1. The molecule has 1 fully saturated rings. The first-order valence-electron chi connectivity index (χ1n) is 6.82. The first-order chi connectivity index (χ1) is 10.0. The van der Waals surface area contributed by atoms with Gasteiger partial charge in [-0.2, -0.15) is 5.26 Å². The van der Waals surface area contributed by atoms with Crippen molar-refractivity contribution in [2.45, 2.75) is 6.04 Å². The van der Waals surface area contributed by atoms with E-state index in [2.05, 4.69) is 29.2 Å². The molecule has 1 aromatic rings. The number of nitriles is 1. The van der Waals surface area contributed by atoms with Gasteiger partial charge in [0, 0.05) is 44.0 Å². The molecule has 0 amide bonds. The van der Waals surface area contributed by atoms with Gasteiger partial charge in [0.05, 0.1) is 4.92 Å². The smallest absolute Gasteiger partial charge is 0.287 e. The van der Waals surface area contributed by atoms with E-state index in [0.717, 1.165) is 31.9 Å². The van der Waals surface area contributed by atoms with E-state index in [1.54, 1.807) is 6.07 Å². The third kappa shape index (κ3) is 3.68. The second-order valence-electron chi connectivity index (χ2n) is 5.38. The van der Waals surface area contributed by atoms with Crippen LogP contribution in [0.5, 0.6) is 0 Å². The number of nitrogens with one attached hydrogen (secondary N) is 1. The second-order valence-corrected chi connectivity index (χ2v) is 5.38. The molecule has 1 saturated heterocycles. The Morgan fingerprint density at radius 2 is 2.24 bits per heavy atom. The van der Waals surface area contributed by atoms with Crippen molar-refractivity contribution >= 4 is 11.4 Å². The molecule has 1 atom stereocenters. The fourth-order valence-corrected chi connectivity index (χ4v) is 2.45. The highest BCUT2D eigenvalue weighted by Gasteiger charge is 2.22. The molecule has 1 heterocycles. The average Bonchev–Trinajstić information content (AvgIpc) is 2.47. The van der Waals surface area contributed by atoms with Crippen LogP contribution in [-0.2, 0) is 0 Å². The van der Waals surface area contributed by atoms with E-state index < -0.39 is 4.92 Å². The van der Waals surface area contributed by atoms with Gasteiger partial charge in [-0.25, -0.2) is 0 Å². The maximum atomic E-state index is 10.8. The fraction of sp³-hybridized carbons (Fsp3) is 0.500. The van der Waals surface area contributed by atoms with Crippen LogP contribution < -0.4 is 5.32 Å². The molecule has 0 radical (unpaired) electrons. The molecule has 7 nitrogen and oxygen atoms in total. The fourth-order valence-electron chi connectivity index (χ4n) is 2.45. The van der Waals surface area contributed by atoms with E-state index in [1.165, 1.54) is 12.1 Å². The molecule has 1 aliphatic rings. The Kier molecular flexibility index (Phi) is 4.73. The van der Waals surface area contributed by atoms with Gasteiger partial charge in [-0.15, -0.1) is 0 Å². The van der Waals surface area contributed by atoms with Crippen molar-refractivity contribution in [1.29, 1.82) is 5.26 Å². The van der Waals surface area contributed by atoms with E-state index >= 15 is 0 Å². The summed E-state index contributed by atoms with van der Waals surface area (Å²) < 4.78 is 0. The molecule has 7 heteroatoms. The van der Waals surface area contributed by atoms with Gasteiger partial charge in [0.15, 0.2) is 0 Å². The summed E-state index contributed by atoms with van der Waals surface area (Å²) in [6.45, 7) is 3.79. The summed E-state index contributed by atoms with van der Waals surface area (Å²) >= 11 is 0. The summed E-state index contributed by atoms with van der Waals surface area (Å²) in [7, 11) is 4.19. The maximum absolute atomic E-state index is 10.8. The molecule has 0 saturated carbocycles. The van der Waals surface area contributed by atoms with E-state index in [1.807, 2.05) is 6.07 Å². The van der Waals surface area contributed by atoms with Crippen molar-refractivity contribution in [3.05, 3.63) is 33.9 Å². The van der Waals surface area contributed by atoms with Crippen LogP contribution in [0.15, 0.2) is 18.2 Å². The normalized spacial score (nSPS) is 20.0. The van der Waals surface area contributed by atoms with Gasteiger partial charge in [-0.05, 0) is 26.2 Å². The third-order valence-electron chi connectivity index (χ3n) is 3.84. The molecule has 1 N–H and O–H groups in total. The number of rotatable bonds is 4. The average molecular weight is 289 g/mol. The molecule has 1 aromatic carbocycles. The number of hydrogen-bond acceptors (Lipinski definition) is 6. The number of nitro groups is 1. The summed E-state index contributed by atoms with van der Waals surface area (Å²) in [5.74, 6) is 0. The zero-order valence-corrected chi connectivity index (χ0v) is 12.2. The Morgan fingerprint density at radius 1 is 1.48 bits per heavy atom. The van der Waals surface area contributed by atoms with Crippen LogP contribution in [0.3, 0.4) is 0 Å². The number of benzene rings is 1. The van der Waals surface area contributed by atoms with Crippen molar-refractivity contribution in [2.75, 3.05) is 45.6 Å². The zero-order valence-electron chi connectivity index (χ0n) is 12.2. The van der Waals surface area contributed by atoms with Gasteiger partial charge < -0.3 is 10.2 Å². The highest BCUT2D eigenvalue weighted by atomic mass is 16.6. The summed E-state index contributed by atoms with van der Waals surface area (Å²) in [6, 6.07) is 6.80. The Labute approximate surface area is 123 Å². The number of nitro benzene ring substituents is 1. The quantitative estimate of drug-likeness (QED) is 0.660. The van der Waals surface area contributed by atoms with Gasteiger partial charge in [0.2, 0.25) is 0 Å². The highest BCUT2D eigenvalue weighted by molar-refractivity contribution is 5.58. The Morgan fingerprint density at radius 3 is 2.90 bits per heavy atom. The summed E-state index contributed by atoms with van der Waals surface area (Å²) in [6.07, 6.45) is 0. The number of piperazine rings is 1. The van der Waals surface area contributed by atoms with E-state index in [-0.39, 0.29) is 11.3 Å². The zero-order chi connectivity index (χ0) is 15.4. The first-order valence-corrected chi connectivity index (χ1v) is 6.82. The topological polar surface area (TPSA) is 85.4 Å². The lowest BCUT2D eigenvalue weighted by molar-refractivity contribution is -0.385. The molecule has 2 rings (SSSR count). The van der Waals surface area contributed by atoms with E-state index in [4.69, 9.17) is 5.26 Å². The lowest BCUT2D eigenvalue weighted by Gasteiger charge is -2.37. The number of likely N-dealkylation sites (N-methyl/N-ethyl adjacent to an activating group) is 2. The molecule has 1 unspecified atom stereocenters. The van der Waals surface area contributed by atoms with Crippen LogP contribution in [0.25, 0.3) is 0 Å². The van der Waals surface area contributed by atoms with E-state index in [0.29, 0.717) is 6.04 Å². The monoisotopic (exact) mass is 289 g/mol. The summed E-state index contributed by atoms with van der Waals surface area (Å²) in [4.78, 5) is 14.8. The van der Waals surface area contributed by atoms with Crippen molar-refractivity contribution in [2.24, 2.45) is 0 Å². The molecular formula is C14H19N5O2. The van der Waals surface area contributed by atoms with Crippen molar-refractivity contribution in [3.8, 4) is 6.07 Å². The van der Waals surface area contributed by atoms with Crippen LogP contribution in [0, 0.1) is 21.4 Å². The highest BCUT2D eigenvalue weighted by Crippen LogP contribution is 2.22. The van der Waals surface area contributed by atoms with Crippen LogP contribution in [0.1, 0.15) is 5.56 Å². The van der Waals surface area contributed by atoms with Crippen molar-refractivity contribution in [1.82, 2.24) is 9.80 Å². The van der Waals surface area contributed by atoms with Gasteiger partial charge in [0.25, 0.3) is 5.69 Å². The van der Waals surface area contributed by atoms with Crippen LogP contribution in [-0.4, -0.2) is 61.0 Å². The summed E-state index contributed by atoms with van der Waals surface area (Å²) in [5, 5.41) is 23.1. The van der Waals surface area contributed by atoms with Gasteiger partial charge >= 0.3 is 0 Å². The minimum absolute atomic E-state index is 0.0825. The van der Waals surface area contributed by atoms with Crippen molar-refractivity contribution < 1.29 is 4.92 Å². The van der Waals surface area contributed by atoms with Gasteiger partial charge in [-0.3, -0.25) is 15.0 Å².